The average Bonchev–Trinajstić information content (AvgIpc) is 2.93. The van der Waals surface area contributed by atoms with Crippen LogP contribution in [0.2, 0.25) is 0 Å². The Morgan fingerprint density at radius 2 is 1.88 bits per heavy atom. The van der Waals surface area contributed by atoms with Crippen molar-refractivity contribution >= 4 is 35.4 Å². The Balaban J connectivity index is 1.61. The quantitative estimate of drug-likeness (QED) is 0.684. The summed E-state index contributed by atoms with van der Waals surface area (Å²) in [5, 5.41) is 3.56. The zero-order chi connectivity index (χ0) is 24.9. The van der Waals surface area contributed by atoms with Crippen molar-refractivity contribution in [3.05, 3.63) is 24.3 Å². The highest BCUT2D eigenvalue weighted by Gasteiger charge is 2.52. The summed E-state index contributed by atoms with van der Waals surface area (Å²) in [6.45, 7) is 14.5. The molecule has 1 unspecified atom stereocenters. The van der Waals surface area contributed by atoms with Gasteiger partial charge in [0.1, 0.15) is 5.60 Å². The van der Waals surface area contributed by atoms with Gasteiger partial charge in [0, 0.05) is 24.5 Å². The molecule has 34 heavy (non-hydrogen) atoms. The van der Waals surface area contributed by atoms with Crippen molar-refractivity contribution in [1.29, 1.82) is 0 Å². The van der Waals surface area contributed by atoms with Crippen molar-refractivity contribution < 1.29 is 23.2 Å². The minimum absolute atomic E-state index is 0.157. The molecule has 2 aromatic rings. The van der Waals surface area contributed by atoms with Crippen molar-refractivity contribution in [2.45, 2.75) is 84.2 Å². The van der Waals surface area contributed by atoms with Crippen LogP contribution in [0.1, 0.15) is 61.3 Å². The molecule has 4 rings (SSSR count). The van der Waals surface area contributed by atoms with E-state index in [4.69, 9.17) is 14.0 Å². The molecule has 0 saturated carbocycles. The fraction of sp³-hybridized carbons (Fsp3) is 0.625. The van der Waals surface area contributed by atoms with Gasteiger partial charge in [-0.2, -0.15) is 0 Å². The van der Waals surface area contributed by atoms with E-state index in [9.17, 15) is 4.79 Å². The molecule has 0 radical (unpaired) electrons. The Morgan fingerprint density at radius 3 is 2.53 bits per heavy atom. The van der Waals surface area contributed by atoms with Crippen molar-refractivity contribution in [3.63, 3.8) is 0 Å². The average molecular weight is 472 g/mol. The van der Waals surface area contributed by atoms with Gasteiger partial charge in [-0.05, 0) is 67.4 Å². The van der Waals surface area contributed by atoms with Gasteiger partial charge >= 0.3 is 13.2 Å². The molecule has 2 aromatic heterocycles. The number of aromatic nitrogens is 2. The van der Waals surface area contributed by atoms with Crippen LogP contribution in [0.3, 0.4) is 0 Å². The summed E-state index contributed by atoms with van der Waals surface area (Å²) in [6.07, 6.45) is 3.98. The Kier molecular flexibility index (Phi) is 6.27. The zero-order valence-electron chi connectivity index (χ0n) is 21.1. The van der Waals surface area contributed by atoms with E-state index in [0.29, 0.717) is 35.3 Å². The van der Waals surface area contributed by atoms with Crippen LogP contribution in [0.4, 0.5) is 14.9 Å². The number of piperidine rings is 1. The van der Waals surface area contributed by atoms with E-state index < -0.39 is 35.8 Å². The van der Waals surface area contributed by atoms with Gasteiger partial charge in [0.05, 0.1) is 40.4 Å². The lowest BCUT2D eigenvalue weighted by atomic mass is 9.83. The van der Waals surface area contributed by atoms with E-state index in [1.807, 2.05) is 53.4 Å². The number of rotatable bonds is 3. The molecule has 0 bridgehead atoms. The fourth-order valence-corrected chi connectivity index (χ4v) is 4.26. The van der Waals surface area contributed by atoms with Gasteiger partial charge in [0.2, 0.25) is 0 Å². The number of fused-ring (bicyclic) bond motifs is 1. The van der Waals surface area contributed by atoms with Gasteiger partial charge in [-0.25, -0.2) is 9.18 Å². The van der Waals surface area contributed by atoms with E-state index in [1.165, 1.54) is 6.20 Å². The molecule has 184 valence electrons. The van der Waals surface area contributed by atoms with Gasteiger partial charge in [0.15, 0.2) is 5.82 Å². The standard InChI is InChI=1S/C24H34BFN4O4/c1-22(2,3)32-21(31)29-15-9-8-10-30(14-15)20-16-11-19(28-13-18(16)27-12-17(20)26)25-33-23(4,5)24(6,7)34-25/h11-13,15H,8-10,14H2,1-7H3,(H,29,31). The predicted octanol–water partition coefficient (Wildman–Crippen LogP) is 3.56. The van der Waals surface area contributed by atoms with Gasteiger partial charge in [-0.3, -0.25) is 9.97 Å². The number of anilines is 1. The molecule has 1 atom stereocenters. The lowest BCUT2D eigenvalue weighted by molar-refractivity contribution is 0.00578. The Hall–Kier alpha value is -2.46. The molecule has 1 amide bonds. The maximum Gasteiger partial charge on any atom is 0.514 e. The second-order valence-electron chi connectivity index (χ2n) is 11.1. The number of hydrogen-bond donors (Lipinski definition) is 1. The first-order valence-corrected chi connectivity index (χ1v) is 11.8. The van der Waals surface area contributed by atoms with Crippen LogP contribution in [0.5, 0.6) is 0 Å². The van der Waals surface area contributed by atoms with Gasteiger partial charge in [0.25, 0.3) is 0 Å². The zero-order valence-corrected chi connectivity index (χ0v) is 21.1. The highest BCUT2D eigenvalue weighted by molar-refractivity contribution is 6.61. The van der Waals surface area contributed by atoms with Crippen molar-refractivity contribution in [2.75, 3.05) is 18.0 Å². The van der Waals surface area contributed by atoms with E-state index in [-0.39, 0.29) is 6.04 Å². The summed E-state index contributed by atoms with van der Waals surface area (Å²) in [7, 11) is -0.659. The number of carbonyl (C=O) groups is 1. The van der Waals surface area contributed by atoms with Crippen molar-refractivity contribution in [2.24, 2.45) is 0 Å². The molecule has 0 aliphatic carbocycles. The molecule has 1 N–H and O–H groups in total. The largest absolute Gasteiger partial charge is 0.514 e. The first kappa shape index (κ1) is 24.7. The molecular formula is C24H34BFN4O4. The molecule has 0 spiro atoms. The molecule has 8 nitrogen and oxygen atoms in total. The first-order chi connectivity index (χ1) is 15.8. The summed E-state index contributed by atoms with van der Waals surface area (Å²) in [4.78, 5) is 23.0. The van der Waals surface area contributed by atoms with Crippen LogP contribution in [0.15, 0.2) is 18.5 Å². The number of halogens is 1. The number of hydrogen-bond acceptors (Lipinski definition) is 7. The predicted molar refractivity (Wildman–Crippen MR) is 130 cm³/mol. The smallest absolute Gasteiger partial charge is 0.444 e. The maximum absolute atomic E-state index is 15.2. The molecular weight excluding hydrogens is 438 g/mol. The number of nitrogens with zero attached hydrogens (tertiary/aromatic N) is 3. The van der Waals surface area contributed by atoms with E-state index in [1.54, 1.807) is 12.3 Å². The molecule has 2 saturated heterocycles. The molecule has 4 heterocycles. The lowest BCUT2D eigenvalue weighted by Crippen LogP contribution is -2.49. The van der Waals surface area contributed by atoms with Crippen LogP contribution in [0.25, 0.3) is 10.9 Å². The Bertz CT molecular complexity index is 1070. The highest BCUT2D eigenvalue weighted by atomic mass is 19.1. The highest BCUT2D eigenvalue weighted by Crippen LogP contribution is 2.37. The van der Waals surface area contributed by atoms with Crippen LogP contribution >= 0.6 is 0 Å². The summed E-state index contributed by atoms with van der Waals surface area (Å²) >= 11 is 0. The van der Waals surface area contributed by atoms with Gasteiger partial charge in [-0.1, -0.05) is 0 Å². The summed E-state index contributed by atoms with van der Waals surface area (Å²) in [5.74, 6) is -0.420. The number of amides is 1. The van der Waals surface area contributed by atoms with Crippen LogP contribution in [-0.4, -0.2) is 59.1 Å². The summed E-state index contributed by atoms with van der Waals surface area (Å²) in [6, 6.07) is 1.64. The third-order valence-corrected chi connectivity index (χ3v) is 6.66. The lowest BCUT2D eigenvalue weighted by Gasteiger charge is -2.35. The monoisotopic (exact) mass is 472 g/mol. The van der Waals surface area contributed by atoms with Crippen LogP contribution in [0, 0.1) is 5.82 Å². The van der Waals surface area contributed by atoms with E-state index in [2.05, 4.69) is 15.3 Å². The summed E-state index contributed by atoms with van der Waals surface area (Å²) in [5.41, 5.74) is -0.00175. The molecule has 2 aliphatic rings. The van der Waals surface area contributed by atoms with Gasteiger partial charge < -0.3 is 24.3 Å². The van der Waals surface area contributed by atoms with Crippen molar-refractivity contribution in [3.8, 4) is 0 Å². The maximum atomic E-state index is 15.2. The molecule has 0 aromatic carbocycles. The molecule has 2 aliphatic heterocycles. The topological polar surface area (TPSA) is 85.8 Å². The second-order valence-corrected chi connectivity index (χ2v) is 11.1. The number of pyridine rings is 2. The van der Waals surface area contributed by atoms with E-state index >= 15 is 4.39 Å². The Labute approximate surface area is 200 Å². The minimum atomic E-state index is -0.659. The van der Waals surface area contributed by atoms with Gasteiger partial charge in [-0.15, -0.1) is 0 Å². The number of carbonyl (C=O) groups excluding carboxylic acids is 1. The summed E-state index contributed by atoms with van der Waals surface area (Å²) < 4.78 is 32.8. The number of nitrogens with one attached hydrogen (secondary N) is 1. The number of ether oxygens (including phenoxy) is 1. The molecule has 2 fully saturated rings. The SMILES string of the molecule is CC(C)(C)OC(=O)NC1CCCN(c2c(F)cnc3cnc(B4OC(C)(C)C(C)(C)O4)cc23)C1. The second kappa shape index (κ2) is 8.64. The third kappa shape index (κ3) is 4.98. The van der Waals surface area contributed by atoms with E-state index in [0.717, 1.165) is 12.8 Å². The Morgan fingerprint density at radius 1 is 1.21 bits per heavy atom. The third-order valence-electron chi connectivity index (χ3n) is 6.66. The fourth-order valence-electron chi connectivity index (χ4n) is 4.26. The van der Waals surface area contributed by atoms with Crippen LogP contribution < -0.4 is 15.8 Å². The normalized spacial score (nSPS) is 22.2. The minimum Gasteiger partial charge on any atom is -0.444 e. The number of alkyl carbamates (subject to hydrolysis) is 1. The van der Waals surface area contributed by atoms with Crippen LogP contribution in [-0.2, 0) is 14.0 Å². The first-order valence-electron chi connectivity index (χ1n) is 11.8. The molecule has 10 heteroatoms. The van der Waals surface area contributed by atoms with Crippen molar-refractivity contribution in [1.82, 2.24) is 15.3 Å².